The van der Waals surface area contributed by atoms with Gasteiger partial charge in [0.15, 0.2) is 0 Å². The van der Waals surface area contributed by atoms with E-state index in [0.29, 0.717) is 17.9 Å². The highest BCUT2D eigenvalue weighted by molar-refractivity contribution is 5.79. The van der Waals surface area contributed by atoms with Crippen molar-refractivity contribution in [1.82, 2.24) is 4.90 Å². The molecule has 0 aromatic rings. The van der Waals surface area contributed by atoms with E-state index >= 15 is 0 Å². The van der Waals surface area contributed by atoms with Crippen molar-refractivity contribution in [3.63, 3.8) is 0 Å². The van der Waals surface area contributed by atoms with Gasteiger partial charge in [-0.3, -0.25) is 4.79 Å². The van der Waals surface area contributed by atoms with Crippen LogP contribution in [0.15, 0.2) is 0 Å². The Labute approximate surface area is 98.4 Å². The number of rotatable bonds is 2. The summed E-state index contributed by atoms with van der Waals surface area (Å²) < 4.78 is 0. The van der Waals surface area contributed by atoms with Gasteiger partial charge in [-0.1, -0.05) is 19.3 Å². The minimum absolute atomic E-state index is 0.385. The van der Waals surface area contributed by atoms with Crippen molar-refractivity contribution in [1.29, 1.82) is 0 Å². The highest BCUT2D eigenvalue weighted by atomic mass is 16.2. The first-order valence-electron chi connectivity index (χ1n) is 7.02. The summed E-state index contributed by atoms with van der Waals surface area (Å²) in [6.45, 7) is 0. The van der Waals surface area contributed by atoms with Crippen molar-refractivity contribution in [2.45, 2.75) is 57.4 Å². The van der Waals surface area contributed by atoms with Crippen molar-refractivity contribution >= 4 is 5.91 Å². The average molecular weight is 221 g/mol. The normalized spacial score (nSPS) is 38.2. The molecule has 0 aliphatic heterocycles. The molecule has 16 heavy (non-hydrogen) atoms. The predicted octanol–water partition coefficient (Wildman–Crippen LogP) is 2.82. The number of hydrogen-bond acceptors (Lipinski definition) is 1. The fourth-order valence-corrected chi connectivity index (χ4v) is 3.85. The lowest BCUT2D eigenvalue weighted by Gasteiger charge is -2.33. The molecule has 2 nitrogen and oxygen atoms in total. The van der Waals surface area contributed by atoms with Gasteiger partial charge >= 0.3 is 0 Å². The monoisotopic (exact) mass is 221 g/mol. The number of carbonyl (C=O) groups is 1. The highest BCUT2D eigenvalue weighted by Crippen LogP contribution is 2.54. The van der Waals surface area contributed by atoms with Gasteiger partial charge in [-0.2, -0.15) is 0 Å². The number of nitrogens with zero attached hydrogens (tertiary/aromatic N) is 1. The van der Waals surface area contributed by atoms with Gasteiger partial charge < -0.3 is 4.90 Å². The van der Waals surface area contributed by atoms with Crippen molar-refractivity contribution in [3.05, 3.63) is 0 Å². The molecule has 3 aliphatic carbocycles. The lowest BCUT2D eigenvalue weighted by molar-refractivity contribution is -0.137. The Kier molecular flexibility index (Phi) is 2.68. The molecule has 2 heteroatoms. The summed E-state index contributed by atoms with van der Waals surface area (Å²) >= 11 is 0. The minimum atomic E-state index is 0.385. The van der Waals surface area contributed by atoms with Gasteiger partial charge in [0.05, 0.1) is 0 Å². The van der Waals surface area contributed by atoms with E-state index < -0.39 is 0 Å². The molecule has 2 atom stereocenters. The smallest absolute Gasteiger partial charge is 0.225 e. The van der Waals surface area contributed by atoms with Gasteiger partial charge in [-0.25, -0.2) is 0 Å². The van der Waals surface area contributed by atoms with E-state index in [1.165, 1.54) is 51.4 Å². The van der Waals surface area contributed by atoms with E-state index in [1.54, 1.807) is 0 Å². The molecule has 0 N–H and O–H groups in total. The van der Waals surface area contributed by atoms with E-state index in [0.717, 1.165) is 11.8 Å². The third-order valence-electron chi connectivity index (χ3n) is 5.06. The van der Waals surface area contributed by atoms with Gasteiger partial charge in [0.2, 0.25) is 5.91 Å². The van der Waals surface area contributed by atoms with Gasteiger partial charge in [0.25, 0.3) is 0 Å². The van der Waals surface area contributed by atoms with Gasteiger partial charge in [0, 0.05) is 19.0 Å². The summed E-state index contributed by atoms with van der Waals surface area (Å²) in [6.07, 6.45) is 10.3. The first-order valence-corrected chi connectivity index (χ1v) is 7.02. The quantitative estimate of drug-likeness (QED) is 0.702. The minimum Gasteiger partial charge on any atom is -0.343 e. The van der Waals surface area contributed by atoms with Gasteiger partial charge in [0.1, 0.15) is 0 Å². The lowest BCUT2D eigenvalue weighted by atomic mass is 9.93. The second kappa shape index (κ2) is 4.05. The SMILES string of the molecule is CN(C(=O)C1CC2CC2C1)C1CCCCC1. The summed E-state index contributed by atoms with van der Waals surface area (Å²) in [4.78, 5) is 14.4. The maximum Gasteiger partial charge on any atom is 0.225 e. The molecule has 0 aromatic heterocycles. The van der Waals surface area contributed by atoms with Crippen LogP contribution in [0.3, 0.4) is 0 Å². The zero-order chi connectivity index (χ0) is 11.1. The van der Waals surface area contributed by atoms with Crippen molar-refractivity contribution in [2.75, 3.05) is 7.05 Å². The first kappa shape index (κ1) is 10.6. The van der Waals surface area contributed by atoms with Gasteiger partial charge in [-0.05, 0) is 43.9 Å². The molecule has 0 radical (unpaired) electrons. The second-order valence-electron chi connectivity index (χ2n) is 6.17. The molecule has 3 fully saturated rings. The number of fused-ring (bicyclic) bond motifs is 1. The van der Waals surface area contributed by atoms with Crippen LogP contribution in [0.4, 0.5) is 0 Å². The molecule has 0 aromatic carbocycles. The molecule has 90 valence electrons. The molecular weight excluding hydrogens is 198 g/mol. The Morgan fingerprint density at radius 3 is 2.25 bits per heavy atom. The van der Waals surface area contributed by atoms with E-state index in [1.807, 2.05) is 7.05 Å². The zero-order valence-electron chi connectivity index (χ0n) is 10.3. The summed E-state index contributed by atoms with van der Waals surface area (Å²) in [7, 11) is 2.04. The second-order valence-corrected chi connectivity index (χ2v) is 6.17. The van der Waals surface area contributed by atoms with Crippen LogP contribution < -0.4 is 0 Å². The topological polar surface area (TPSA) is 20.3 Å². The molecule has 2 unspecified atom stereocenters. The van der Waals surface area contributed by atoms with Crippen LogP contribution in [0, 0.1) is 17.8 Å². The standard InChI is InChI=1S/C14H23NO/c1-15(13-5-3-2-4-6-13)14(16)12-8-10-7-11(10)9-12/h10-13H,2-9H2,1H3. The van der Waals surface area contributed by atoms with E-state index in [4.69, 9.17) is 0 Å². The highest BCUT2D eigenvalue weighted by Gasteiger charge is 2.48. The van der Waals surface area contributed by atoms with Crippen LogP contribution in [-0.4, -0.2) is 23.9 Å². The zero-order valence-corrected chi connectivity index (χ0v) is 10.3. The van der Waals surface area contributed by atoms with E-state index in [2.05, 4.69) is 4.90 Å². The fraction of sp³-hybridized carbons (Fsp3) is 0.929. The lowest BCUT2D eigenvalue weighted by Crippen LogP contribution is -2.41. The van der Waals surface area contributed by atoms with Crippen molar-refractivity contribution in [3.8, 4) is 0 Å². The molecule has 3 rings (SSSR count). The molecular formula is C14H23NO. The first-order chi connectivity index (χ1) is 7.75. The Morgan fingerprint density at radius 2 is 1.62 bits per heavy atom. The molecule has 0 spiro atoms. The third kappa shape index (κ3) is 1.87. The Bertz CT molecular complexity index is 272. The van der Waals surface area contributed by atoms with E-state index in [-0.39, 0.29) is 0 Å². The van der Waals surface area contributed by atoms with Crippen molar-refractivity contribution < 1.29 is 4.79 Å². The van der Waals surface area contributed by atoms with Crippen LogP contribution in [0.25, 0.3) is 0 Å². The van der Waals surface area contributed by atoms with Crippen LogP contribution in [0.5, 0.6) is 0 Å². The number of carbonyl (C=O) groups excluding carboxylic acids is 1. The summed E-state index contributed by atoms with van der Waals surface area (Å²) in [5.74, 6) is 2.69. The summed E-state index contributed by atoms with van der Waals surface area (Å²) in [6, 6.07) is 0.554. The maximum atomic E-state index is 12.3. The van der Waals surface area contributed by atoms with Crippen molar-refractivity contribution in [2.24, 2.45) is 17.8 Å². The Morgan fingerprint density at radius 1 is 1.00 bits per heavy atom. The average Bonchev–Trinajstić information content (AvgIpc) is 2.95. The molecule has 0 heterocycles. The maximum absolute atomic E-state index is 12.3. The Hall–Kier alpha value is -0.530. The third-order valence-corrected chi connectivity index (χ3v) is 5.06. The molecule has 0 saturated heterocycles. The molecule has 3 saturated carbocycles. The Balaban J connectivity index is 1.56. The van der Waals surface area contributed by atoms with Gasteiger partial charge in [-0.15, -0.1) is 0 Å². The van der Waals surface area contributed by atoms with E-state index in [9.17, 15) is 4.79 Å². The summed E-state index contributed by atoms with van der Waals surface area (Å²) in [5, 5.41) is 0. The number of hydrogen-bond donors (Lipinski definition) is 0. The number of amides is 1. The predicted molar refractivity (Wildman–Crippen MR) is 64.0 cm³/mol. The largest absolute Gasteiger partial charge is 0.343 e. The van der Waals surface area contributed by atoms with Crippen LogP contribution in [-0.2, 0) is 4.79 Å². The van der Waals surface area contributed by atoms with Crippen LogP contribution >= 0.6 is 0 Å². The molecule has 3 aliphatic rings. The molecule has 0 bridgehead atoms. The molecule has 1 amide bonds. The van der Waals surface area contributed by atoms with Crippen LogP contribution in [0.1, 0.15) is 51.4 Å². The fourth-order valence-electron chi connectivity index (χ4n) is 3.85. The van der Waals surface area contributed by atoms with Crippen LogP contribution in [0.2, 0.25) is 0 Å². The summed E-state index contributed by atoms with van der Waals surface area (Å²) in [5.41, 5.74) is 0.